The van der Waals surface area contributed by atoms with Crippen molar-refractivity contribution in [3.63, 3.8) is 0 Å². The maximum Gasteiger partial charge on any atom is 0.422 e. The number of benzene rings is 1. The van der Waals surface area contributed by atoms with E-state index >= 15 is 0 Å². The van der Waals surface area contributed by atoms with E-state index < -0.39 is 23.8 Å². The van der Waals surface area contributed by atoms with Crippen molar-refractivity contribution in [2.75, 3.05) is 32.1 Å². The van der Waals surface area contributed by atoms with Crippen LogP contribution in [-0.4, -0.2) is 60.8 Å². The van der Waals surface area contributed by atoms with Gasteiger partial charge in [-0.15, -0.1) is 0 Å². The van der Waals surface area contributed by atoms with Crippen molar-refractivity contribution in [2.45, 2.75) is 50.3 Å². The Kier molecular flexibility index (Phi) is 6.04. The highest BCUT2D eigenvalue weighted by Gasteiger charge is 2.52. The first-order valence-electron chi connectivity index (χ1n) is 9.97. The van der Waals surface area contributed by atoms with Crippen LogP contribution in [0.2, 0.25) is 0 Å². The summed E-state index contributed by atoms with van der Waals surface area (Å²) in [7, 11) is 3.29. The summed E-state index contributed by atoms with van der Waals surface area (Å²) in [5.41, 5.74) is -1.03. The molecule has 9 heteroatoms. The number of aliphatic hydroxyl groups is 1. The van der Waals surface area contributed by atoms with Gasteiger partial charge in [0.25, 0.3) is 0 Å². The van der Waals surface area contributed by atoms with E-state index in [0.29, 0.717) is 44.3 Å². The van der Waals surface area contributed by atoms with Crippen molar-refractivity contribution in [1.82, 2.24) is 4.90 Å². The number of rotatable bonds is 5. The summed E-state index contributed by atoms with van der Waals surface area (Å²) in [6.07, 6.45) is -1.93. The van der Waals surface area contributed by atoms with E-state index in [2.05, 4.69) is 0 Å². The molecule has 1 spiro atoms. The predicted molar refractivity (Wildman–Crippen MR) is 104 cm³/mol. The minimum absolute atomic E-state index is 0.0348. The van der Waals surface area contributed by atoms with E-state index in [4.69, 9.17) is 4.74 Å². The van der Waals surface area contributed by atoms with Gasteiger partial charge >= 0.3 is 6.18 Å². The quantitative estimate of drug-likeness (QED) is 0.782. The van der Waals surface area contributed by atoms with Crippen LogP contribution in [0.5, 0.6) is 5.75 Å². The monoisotopic (exact) mass is 428 g/mol. The lowest BCUT2D eigenvalue weighted by atomic mass is 9.67. The highest BCUT2D eigenvalue weighted by molar-refractivity contribution is 6.00. The molecule has 2 amide bonds. The molecule has 1 N–H and O–H groups in total. The zero-order valence-corrected chi connectivity index (χ0v) is 17.2. The predicted octanol–water partition coefficient (Wildman–Crippen LogP) is 3.13. The lowest BCUT2D eigenvalue weighted by Crippen LogP contribution is -2.45. The van der Waals surface area contributed by atoms with E-state index in [1.165, 1.54) is 17.0 Å². The summed E-state index contributed by atoms with van der Waals surface area (Å²) in [5.74, 6) is -0.0844. The Labute approximate surface area is 173 Å². The average molecular weight is 428 g/mol. The Morgan fingerprint density at radius 2 is 1.73 bits per heavy atom. The van der Waals surface area contributed by atoms with E-state index in [9.17, 15) is 27.9 Å². The fourth-order valence-electron chi connectivity index (χ4n) is 4.23. The molecule has 1 aromatic rings. The van der Waals surface area contributed by atoms with Gasteiger partial charge in [0, 0.05) is 26.3 Å². The second kappa shape index (κ2) is 8.09. The molecule has 6 nitrogen and oxygen atoms in total. The lowest BCUT2D eigenvalue weighted by Gasteiger charge is -2.41. The first-order valence-corrected chi connectivity index (χ1v) is 9.97. The van der Waals surface area contributed by atoms with E-state index in [-0.39, 0.29) is 24.0 Å². The number of carbonyl (C=O) groups is 2. The molecule has 0 radical (unpaired) electrons. The molecule has 1 aliphatic carbocycles. The molecular weight excluding hydrogens is 401 g/mol. The molecular formula is C21H27F3N2O4. The van der Waals surface area contributed by atoms with Crippen LogP contribution in [-0.2, 0) is 9.59 Å². The van der Waals surface area contributed by atoms with Gasteiger partial charge in [0.15, 0.2) is 6.61 Å². The van der Waals surface area contributed by atoms with E-state index in [1.54, 1.807) is 31.1 Å². The Hall–Kier alpha value is -2.29. The minimum Gasteiger partial charge on any atom is -0.484 e. The molecule has 0 aromatic heterocycles. The molecule has 1 heterocycles. The second-order valence-electron chi connectivity index (χ2n) is 8.57. The first kappa shape index (κ1) is 22.4. The van der Waals surface area contributed by atoms with Crippen LogP contribution in [0.3, 0.4) is 0 Å². The van der Waals surface area contributed by atoms with Crippen LogP contribution < -0.4 is 9.64 Å². The fourth-order valence-corrected chi connectivity index (χ4v) is 4.23. The third-order valence-electron chi connectivity index (χ3n) is 6.18. The third-order valence-corrected chi connectivity index (χ3v) is 6.18. The van der Waals surface area contributed by atoms with Gasteiger partial charge in [-0.3, -0.25) is 9.59 Å². The van der Waals surface area contributed by atoms with Gasteiger partial charge < -0.3 is 19.6 Å². The number of amides is 2. The Morgan fingerprint density at radius 3 is 2.27 bits per heavy atom. The van der Waals surface area contributed by atoms with Crippen molar-refractivity contribution in [3.05, 3.63) is 24.3 Å². The molecule has 0 atom stereocenters. The fraction of sp³-hybridized carbons (Fsp3) is 0.619. The lowest BCUT2D eigenvalue weighted by molar-refractivity contribution is -0.153. The van der Waals surface area contributed by atoms with Crippen molar-refractivity contribution in [1.29, 1.82) is 0 Å². The van der Waals surface area contributed by atoms with Crippen LogP contribution in [0.4, 0.5) is 18.9 Å². The normalized spacial score (nSPS) is 26.9. The van der Waals surface area contributed by atoms with Gasteiger partial charge in [0.2, 0.25) is 11.8 Å². The molecule has 3 rings (SSSR count). The van der Waals surface area contributed by atoms with Crippen LogP contribution in [0.25, 0.3) is 0 Å². The highest BCUT2D eigenvalue weighted by atomic mass is 19.4. The van der Waals surface area contributed by atoms with Crippen LogP contribution >= 0.6 is 0 Å². The van der Waals surface area contributed by atoms with Gasteiger partial charge in [-0.25, -0.2) is 0 Å². The van der Waals surface area contributed by atoms with Crippen molar-refractivity contribution >= 4 is 17.5 Å². The van der Waals surface area contributed by atoms with E-state index in [0.717, 1.165) is 0 Å². The van der Waals surface area contributed by atoms with Gasteiger partial charge in [0.05, 0.1) is 17.4 Å². The number of hydrogen-bond acceptors (Lipinski definition) is 4. The molecule has 1 aliphatic heterocycles. The molecule has 1 saturated heterocycles. The summed E-state index contributed by atoms with van der Waals surface area (Å²) >= 11 is 0. The number of alkyl halides is 3. The number of nitrogens with zero attached hydrogens (tertiary/aromatic N) is 2. The number of anilines is 1. The van der Waals surface area contributed by atoms with Gasteiger partial charge in [0.1, 0.15) is 5.75 Å². The summed E-state index contributed by atoms with van der Waals surface area (Å²) in [4.78, 5) is 28.2. The van der Waals surface area contributed by atoms with E-state index in [1.807, 2.05) is 0 Å². The summed E-state index contributed by atoms with van der Waals surface area (Å²) in [6, 6.07) is 6.01. The van der Waals surface area contributed by atoms with Gasteiger partial charge in [-0.2, -0.15) is 13.2 Å². The molecule has 1 saturated carbocycles. The zero-order valence-electron chi connectivity index (χ0n) is 17.2. The van der Waals surface area contributed by atoms with Crippen LogP contribution in [0.15, 0.2) is 24.3 Å². The van der Waals surface area contributed by atoms with Gasteiger partial charge in [-0.1, -0.05) is 0 Å². The summed E-state index contributed by atoms with van der Waals surface area (Å²) < 4.78 is 41.5. The molecule has 1 aromatic carbocycles. The summed E-state index contributed by atoms with van der Waals surface area (Å²) in [5, 5.41) is 10.8. The standard InChI is InChI=1S/C21H27F3N2O4/c1-25(2)17(27)13-20(29)9-7-19(8-10-20)11-12-26(18(19)28)15-3-5-16(6-4-15)30-14-21(22,23)24/h3-6,29H,7-14H2,1-2H3/t19-,20+. The maximum atomic E-state index is 13.2. The highest BCUT2D eigenvalue weighted by Crippen LogP contribution is 2.49. The van der Waals surface area contributed by atoms with Crippen molar-refractivity contribution in [2.24, 2.45) is 5.41 Å². The van der Waals surface area contributed by atoms with Crippen molar-refractivity contribution in [3.8, 4) is 5.75 Å². The molecule has 0 unspecified atom stereocenters. The summed E-state index contributed by atoms with van der Waals surface area (Å²) in [6.45, 7) is -0.853. The average Bonchev–Trinajstić information content (AvgIpc) is 2.99. The SMILES string of the molecule is CN(C)C(=O)C[C@]1(O)CC[C@]2(CCN(c3ccc(OCC(F)(F)F)cc3)C2=O)CC1. The Balaban J connectivity index is 1.62. The molecule has 166 valence electrons. The Bertz CT molecular complexity index is 784. The zero-order chi connectivity index (χ0) is 22.2. The molecule has 2 fully saturated rings. The number of ether oxygens (including phenoxy) is 1. The minimum atomic E-state index is -4.41. The number of carbonyl (C=O) groups excluding carboxylic acids is 2. The Morgan fingerprint density at radius 1 is 1.13 bits per heavy atom. The smallest absolute Gasteiger partial charge is 0.422 e. The molecule has 2 aliphatic rings. The van der Waals surface area contributed by atoms with Crippen LogP contribution in [0.1, 0.15) is 38.5 Å². The maximum absolute atomic E-state index is 13.2. The number of hydrogen-bond donors (Lipinski definition) is 1. The topological polar surface area (TPSA) is 70.1 Å². The second-order valence-corrected chi connectivity index (χ2v) is 8.57. The molecule has 0 bridgehead atoms. The largest absolute Gasteiger partial charge is 0.484 e. The first-order chi connectivity index (χ1) is 13.9. The van der Waals surface area contributed by atoms with Crippen LogP contribution in [0, 0.1) is 5.41 Å². The number of halogens is 3. The molecule has 30 heavy (non-hydrogen) atoms. The van der Waals surface area contributed by atoms with Gasteiger partial charge in [-0.05, 0) is 56.4 Å². The third kappa shape index (κ3) is 4.88. The van der Waals surface area contributed by atoms with Crippen molar-refractivity contribution < 1.29 is 32.6 Å².